The average Bonchev–Trinajstić information content (AvgIpc) is 2.90. The molecule has 7 heteroatoms. The monoisotopic (exact) mass is 519 g/mol. The molecule has 0 saturated carbocycles. The van der Waals surface area contributed by atoms with Crippen molar-refractivity contribution in [2.24, 2.45) is 10.1 Å². The minimum absolute atomic E-state index is 0.106. The van der Waals surface area contributed by atoms with Gasteiger partial charge in [0.15, 0.2) is 0 Å². The topological polar surface area (TPSA) is 74.5 Å². The third-order valence-corrected chi connectivity index (χ3v) is 6.08. The van der Waals surface area contributed by atoms with Crippen LogP contribution in [0.1, 0.15) is 63.7 Å². The van der Waals surface area contributed by atoms with Gasteiger partial charge in [0.2, 0.25) is 0 Å². The SMILES string of the molecule is C=C\C=C/C(=C\C)C(/C)=N/OC(C)c1ccc(C)c(/N=C(/CCCCC(=O)O)N(C)c2ccc(F)cc2)c1. The average molecular weight is 520 g/mol. The first-order chi connectivity index (χ1) is 18.2. The predicted molar refractivity (Wildman–Crippen MR) is 155 cm³/mol. The molecule has 1 unspecified atom stereocenters. The maximum atomic E-state index is 13.5. The minimum Gasteiger partial charge on any atom is -0.481 e. The third kappa shape index (κ3) is 9.47. The molecule has 0 bridgehead atoms. The number of aliphatic carboxylic acids is 1. The van der Waals surface area contributed by atoms with E-state index in [-0.39, 0.29) is 18.3 Å². The molecule has 1 atom stereocenters. The number of amidine groups is 1. The van der Waals surface area contributed by atoms with Crippen LogP contribution in [-0.4, -0.2) is 29.7 Å². The molecule has 2 rings (SSSR count). The number of oxime groups is 1. The zero-order chi connectivity index (χ0) is 28.1. The smallest absolute Gasteiger partial charge is 0.303 e. The Kier molecular flexibility index (Phi) is 12.2. The van der Waals surface area contributed by atoms with Crippen molar-refractivity contribution in [1.82, 2.24) is 0 Å². The van der Waals surface area contributed by atoms with Gasteiger partial charge in [-0.25, -0.2) is 9.38 Å². The number of hydrogen-bond donors (Lipinski definition) is 1. The summed E-state index contributed by atoms with van der Waals surface area (Å²) >= 11 is 0. The van der Waals surface area contributed by atoms with Crippen molar-refractivity contribution in [2.75, 3.05) is 11.9 Å². The number of allylic oxidation sites excluding steroid dienone is 5. The van der Waals surface area contributed by atoms with Gasteiger partial charge in [-0.05, 0) is 87.6 Å². The number of aryl methyl sites for hydroxylation is 1. The van der Waals surface area contributed by atoms with E-state index in [2.05, 4.69) is 11.7 Å². The summed E-state index contributed by atoms with van der Waals surface area (Å²) in [6, 6.07) is 12.2. The summed E-state index contributed by atoms with van der Waals surface area (Å²) in [5, 5.41) is 13.3. The van der Waals surface area contributed by atoms with Crippen molar-refractivity contribution in [1.29, 1.82) is 0 Å². The molecule has 0 fully saturated rings. The van der Waals surface area contributed by atoms with Crippen LogP contribution in [0.25, 0.3) is 0 Å². The van der Waals surface area contributed by atoms with Gasteiger partial charge in [-0.3, -0.25) is 4.79 Å². The summed E-state index contributed by atoms with van der Waals surface area (Å²) in [5.74, 6) is -0.365. The molecule has 0 heterocycles. The second kappa shape index (κ2) is 15.3. The van der Waals surface area contributed by atoms with Crippen molar-refractivity contribution < 1.29 is 19.1 Å². The number of carboxylic acid groups (broad SMARTS) is 1. The van der Waals surface area contributed by atoms with E-state index in [9.17, 15) is 9.18 Å². The maximum Gasteiger partial charge on any atom is 0.303 e. The lowest BCUT2D eigenvalue weighted by molar-refractivity contribution is -0.137. The Morgan fingerprint density at radius 3 is 2.50 bits per heavy atom. The molecule has 0 aliphatic rings. The Morgan fingerprint density at radius 1 is 1.18 bits per heavy atom. The van der Waals surface area contributed by atoms with Gasteiger partial charge in [-0.15, -0.1) is 0 Å². The molecule has 38 heavy (non-hydrogen) atoms. The molecule has 0 spiro atoms. The van der Waals surface area contributed by atoms with Crippen LogP contribution in [0.15, 0.2) is 89.1 Å². The van der Waals surface area contributed by atoms with E-state index in [1.165, 1.54) is 12.1 Å². The summed E-state index contributed by atoms with van der Waals surface area (Å²) in [7, 11) is 1.88. The molecule has 1 N–H and O–H groups in total. The largest absolute Gasteiger partial charge is 0.481 e. The van der Waals surface area contributed by atoms with Crippen LogP contribution in [0.3, 0.4) is 0 Å². The third-order valence-electron chi connectivity index (χ3n) is 6.08. The zero-order valence-corrected chi connectivity index (χ0v) is 22.9. The molecular formula is C31H38FN3O3. The predicted octanol–water partition coefficient (Wildman–Crippen LogP) is 8.09. The van der Waals surface area contributed by atoms with Crippen molar-refractivity contribution in [3.8, 4) is 0 Å². The second-order valence-electron chi connectivity index (χ2n) is 8.97. The van der Waals surface area contributed by atoms with Gasteiger partial charge in [-0.1, -0.05) is 48.2 Å². The number of carboxylic acids is 1. The maximum absolute atomic E-state index is 13.5. The van der Waals surface area contributed by atoms with Gasteiger partial charge in [0.25, 0.3) is 0 Å². The lowest BCUT2D eigenvalue weighted by atomic mass is 10.1. The number of benzene rings is 2. The molecule has 0 aromatic heterocycles. The second-order valence-corrected chi connectivity index (χ2v) is 8.97. The Morgan fingerprint density at radius 2 is 1.87 bits per heavy atom. The molecule has 6 nitrogen and oxygen atoms in total. The highest BCUT2D eigenvalue weighted by Gasteiger charge is 2.14. The summed E-state index contributed by atoms with van der Waals surface area (Å²) in [5.41, 5.74) is 5.19. The van der Waals surface area contributed by atoms with Gasteiger partial charge in [0, 0.05) is 25.6 Å². The number of nitrogens with zero attached hydrogens (tertiary/aromatic N) is 3. The van der Waals surface area contributed by atoms with Crippen LogP contribution in [0.5, 0.6) is 0 Å². The fourth-order valence-corrected chi connectivity index (χ4v) is 3.68. The first kappa shape index (κ1) is 30.2. The van der Waals surface area contributed by atoms with Crippen LogP contribution in [0, 0.1) is 12.7 Å². The lowest BCUT2D eigenvalue weighted by Gasteiger charge is -2.22. The van der Waals surface area contributed by atoms with E-state index in [1.54, 1.807) is 18.2 Å². The van der Waals surface area contributed by atoms with Crippen molar-refractivity contribution >= 4 is 28.9 Å². The number of unbranched alkanes of at least 4 members (excludes halogenated alkanes) is 1. The van der Waals surface area contributed by atoms with E-state index < -0.39 is 5.97 Å². The van der Waals surface area contributed by atoms with Gasteiger partial charge >= 0.3 is 5.97 Å². The summed E-state index contributed by atoms with van der Waals surface area (Å²) < 4.78 is 13.5. The summed E-state index contributed by atoms with van der Waals surface area (Å²) in [6.45, 7) is 11.4. The van der Waals surface area contributed by atoms with Crippen molar-refractivity contribution in [2.45, 2.75) is 59.5 Å². The van der Waals surface area contributed by atoms with Crippen LogP contribution in [0.2, 0.25) is 0 Å². The summed E-state index contributed by atoms with van der Waals surface area (Å²) in [6.07, 6.45) is 9.02. The number of carbonyl (C=O) groups is 1. The molecule has 0 aliphatic carbocycles. The van der Waals surface area contributed by atoms with E-state index in [0.29, 0.717) is 19.3 Å². The number of anilines is 1. The van der Waals surface area contributed by atoms with Crippen LogP contribution >= 0.6 is 0 Å². The Bertz CT molecular complexity index is 1210. The molecule has 0 aliphatic heterocycles. The molecule has 2 aromatic carbocycles. The molecule has 0 saturated heterocycles. The molecule has 0 radical (unpaired) electrons. The van der Waals surface area contributed by atoms with Gasteiger partial charge < -0.3 is 14.8 Å². The van der Waals surface area contributed by atoms with Gasteiger partial charge in [0.05, 0.1) is 11.4 Å². The molecule has 0 amide bonds. The number of rotatable bonds is 13. The first-order valence-corrected chi connectivity index (χ1v) is 12.7. The van der Waals surface area contributed by atoms with Gasteiger partial charge in [-0.2, -0.15) is 0 Å². The highest BCUT2D eigenvalue weighted by atomic mass is 19.1. The summed E-state index contributed by atoms with van der Waals surface area (Å²) in [4.78, 5) is 23.7. The normalized spacial score (nSPS) is 13.5. The van der Waals surface area contributed by atoms with Crippen LogP contribution < -0.4 is 4.90 Å². The van der Waals surface area contributed by atoms with Crippen LogP contribution in [-0.2, 0) is 9.63 Å². The zero-order valence-electron chi connectivity index (χ0n) is 22.9. The fourth-order valence-electron chi connectivity index (χ4n) is 3.68. The fraction of sp³-hybridized carbons (Fsp3) is 0.323. The van der Waals surface area contributed by atoms with Crippen molar-refractivity contribution in [3.05, 3.63) is 95.9 Å². The van der Waals surface area contributed by atoms with Gasteiger partial charge in [0.1, 0.15) is 17.8 Å². The first-order valence-electron chi connectivity index (χ1n) is 12.7. The van der Waals surface area contributed by atoms with E-state index >= 15 is 0 Å². The highest BCUT2D eigenvalue weighted by molar-refractivity contribution is 6.00. The number of halogens is 1. The lowest BCUT2D eigenvalue weighted by Crippen LogP contribution is -2.26. The molecule has 2 aromatic rings. The number of aliphatic imine (C=N–C) groups is 1. The highest BCUT2D eigenvalue weighted by Crippen LogP contribution is 2.28. The Hall–Kier alpha value is -4.00. The van der Waals surface area contributed by atoms with E-state index in [1.807, 2.05) is 76.1 Å². The standard InChI is InChI=1S/C31H38FN3O3/c1-7-9-12-25(8-2)23(4)34-38-24(5)26-16-15-22(3)29(21-26)33-30(13-10-11-14-31(36)37)35(6)28-19-17-27(32)18-20-28/h7-9,12,15-21,24H,1,10-11,13-14H2,2-6H3,(H,36,37)/b12-9-,25-8+,33-30-,34-23+. The van der Waals surface area contributed by atoms with Crippen molar-refractivity contribution in [3.63, 3.8) is 0 Å². The number of hydrogen-bond acceptors (Lipinski definition) is 4. The molecular weight excluding hydrogens is 481 g/mol. The van der Waals surface area contributed by atoms with E-state index in [0.717, 1.165) is 39.6 Å². The minimum atomic E-state index is -0.816. The Balaban J connectivity index is 2.33. The Labute approximate surface area is 225 Å². The molecule has 202 valence electrons. The quantitative estimate of drug-likeness (QED) is 0.0954. The van der Waals surface area contributed by atoms with Crippen LogP contribution in [0.4, 0.5) is 15.8 Å². The van der Waals surface area contributed by atoms with E-state index in [4.69, 9.17) is 14.9 Å².